The number of ether oxygens (including phenoxy) is 3. The number of alkyl carbamates (subject to hydrolysis) is 1. The van der Waals surface area contributed by atoms with Crippen LogP contribution in [0.2, 0.25) is 0 Å². The second-order valence-electron chi connectivity index (χ2n) is 4.84. The molecule has 0 radical (unpaired) electrons. The molecule has 0 aliphatic rings. The van der Waals surface area contributed by atoms with Gasteiger partial charge in [-0.25, -0.2) is 9.59 Å². The summed E-state index contributed by atoms with van der Waals surface area (Å²) in [5.41, 5.74) is -0.498. The molecule has 0 saturated carbocycles. The van der Waals surface area contributed by atoms with Crippen LogP contribution in [0.15, 0.2) is 0 Å². The quantitative estimate of drug-likeness (QED) is 0.611. The summed E-state index contributed by atoms with van der Waals surface area (Å²) in [5, 5.41) is 10.9. The molecule has 0 aromatic rings. The topological polar surface area (TPSA) is 94.1 Å². The molecule has 0 bridgehead atoms. The summed E-state index contributed by atoms with van der Waals surface area (Å²) >= 11 is 0. The molecule has 0 aliphatic heterocycles. The van der Waals surface area contributed by atoms with Crippen molar-refractivity contribution < 1.29 is 28.9 Å². The minimum atomic E-state index is -0.999. The molecule has 0 fully saturated rings. The maximum absolute atomic E-state index is 11.2. The Hall–Kier alpha value is -1.34. The van der Waals surface area contributed by atoms with Gasteiger partial charge in [-0.05, 0) is 27.2 Å². The first-order valence-corrected chi connectivity index (χ1v) is 6.15. The Labute approximate surface area is 113 Å². The molecule has 7 nitrogen and oxygen atoms in total. The van der Waals surface area contributed by atoms with Gasteiger partial charge < -0.3 is 24.6 Å². The number of carboxylic acid groups (broad SMARTS) is 1. The maximum Gasteiger partial charge on any atom is 0.407 e. The monoisotopic (exact) mass is 277 g/mol. The van der Waals surface area contributed by atoms with E-state index in [0.717, 1.165) is 0 Å². The predicted molar refractivity (Wildman–Crippen MR) is 68.1 cm³/mol. The molecule has 1 amide bonds. The highest BCUT2D eigenvalue weighted by atomic mass is 16.6. The van der Waals surface area contributed by atoms with Crippen LogP contribution in [0, 0.1) is 0 Å². The number of aliphatic carboxylic acids is 1. The summed E-state index contributed by atoms with van der Waals surface area (Å²) in [5.74, 6) is -0.999. The third-order valence-corrected chi connectivity index (χ3v) is 1.73. The van der Waals surface area contributed by atoms with Crippen LogP contribution in [0.5, 0.6) is 0 Å². The molecule has 0 unspecified atom stereocenters. The molecule has 0 aromatic carbocycles. The van der Waals surface area contributed by atoms with Crippen LogP contribution in [-0.2, 0) is 19.0 Å². The van der Waals surface area contributed by atoms with Gasteiger partial charge in [0.05, 0.1) is 13.2 Å². The molecule has 0 atom stereocenters. The second-order valence-corrected chi connectivity index (χ2v) is 4.84. The first-order chi connectivity index (χ1) is 8.81. The average Bonchev–Trinajstić information content (AvgIpc) is 2.24. The Kier molecular flexibility index (Phi) is 8.90. The van der Waals surface area contributed by atoms with Crippen LogP contribution in [-0.4, -0.2) is 55.7 Å². The third kappa shape index (κ3) is 14.6. The Morgan fingerprint density at radius 1 is 1.11 bits per heavy atom. The summed E-state index contributed by atoms with van der Waals surface area (Å²) in [4.78, 5) is 21.4. The van der Waals surface area contributed by atoms with E-state index in [1.807, 2.05) is 0 Å². The number of carbonyl (C=O) groups is 2. The van der Waals surface area contributed by atoms with Crippen molar-refractivity contribution in [3.8, 4) is 0 Å². The van der Waals surface area contributed by atoms with Gasteiger partial charge in [0.15, 0.2) is 0 Å². The summed E-state index contributed by atoms with van der Waals surface area (Å²) in [6.45, 7) is 6.58. The Bertz CT molecular complexity index is 274. The van der Waals surface area contributed by atoms with Crippen molar-refractivity contribution in [1.82, 2.24) is 5.32 Å². The molecular weight excluding hydrogens is 254 g/mol. The number of hydrogen-bond acceptors (Lipinski definition) is 5. The zero-order chi connectivity index (χ0) is 14.7. The van der Waals surface area contributed by atoms with Crippen molar-refractivity contribution in [2.75, 3.05) is 33.0 Å². The van der Waals surface area contributed by atoms with Crippen LogP contribution in [0.3, 0.4) is 0 Å². The van der Waals surface area contributed by atoms with Crippen LogP contribution in [0.4, 0.5) is 4.79 Å². The lowest BCUT2D eigenvalue weighted by atomic mass is 10.2. The highest BCUT2D eigenvalue weighted by Gasteiger charge is 2.15. The number of nitrogens with one attached hydrogen (secondary N) is 1. The number of carbonyl (C=O) groups excluding carboxylic acids is 1. The number of carboxylic acids is 1. The van der Waals surface area contributed by atoms with E-state index in [1.165, 1.54) is 0 Å². The zero-order valence-corrected chi connectivity index (χ0v) is 11.7. The van der Waals surface area contributed by atoms with Gasteiger partial charge >= 0.3 is 12.1 Å². The lowest BCUT2D eigenvalue weighted by Gasteiger charge is -2.19. The number of amides is 1. The molecular formula is C12H23NO6. The summed E-state index contributed by atoms with van der Waals surface area (Å²) in [6, 6.07) is 0. The van der Waals surface area contributed by atoms with E-state index >= 15 is 0 Å². The lowest BCUT2D eigenvalue weighted by Crippen LogP contribution is -2.33. The van der Waals surface area contributed by atoms with E-state index in [2.05, 4.69) is 5.32 Å². The fourth-order valence-corrected chi connectivity index (χ4v) is 1.06. The zero-order valence-electron chi connectivity index (χ0n) is 11.7. The van der Waals surface area contributed by atoms with Crippen molar-refractivity contribution >= 4 is 12.1 Å². The molecule has 0 aliphatic carbocycles. The molecule has 0 rings (SSSR count). The van der Waals surface area contributed by atoms with Gasteiger partial charge in [-0.1, -0.05) is 0 Å². The van der Waals surface area contributed by atoms with E-state index in [-0.39, 0.29) is 13.2 Å². The molecule has 112 valence electrons. The first kappa shape index (κ1) is 17.7. The smallest absolute Gasteiger partial charge is 0.407 e. The van der Waals surface area contributed by atoms with E-state index in [1.54, 1.807) is 20.8 Å². The molecule has 19 heavy (non-hydrogen) atoms. The predicted octanol–water partition coefficient (Wildman–Crippen LogP) is 1.02. The van der Waals surface area contributed by atoms with Crippen molar-refractivity contribution in [3.63, 3.8) is 0 Å². The van der Waals surface area contributed by atoms with E-state index < -0.39 is 17.7 Å². The Balaban J connectivity index is 3.27. The first-order valence-electron chi connectivity index (χ1n) is 6.15. The summed E-state index contributed by atoms with van der Waals surface area (Å²) < 4.78 is 15.0. The number of rotatable bonds is 9. The molecule has 0 heterocycles. The SMILES string of the molecule is CC(C)(C)OC(=O)NCCCOCCOCC(=O)O. The normalized spacial score (nSPS) is 11.1. The van der Waals surface area contributed by atoms with Gasteiger partial charge in [-0.3, -0.25) is 0 Å². The molecule has 0 saturated heterocycles. The van der Waals surface area contributed by atoms with Crippen molar-refractivity contribution in [3.05, 3.63) is 0 Å². The van der Waals surface area contributed by atoms with Crippen LogP contribution >= 0.6 is 0 Å². The third-order valence-electron chi connectivity index (χ3n) is 1.73. The molecule has 7 heteroatoms. The van der Waals surface area contributed by atoms with Gasteiger partial charge in [0, 0.05) is 13.2 Å². The van der Waals surface area contributed by atoms with Gasteiger partial charge in [0.25, 0.3) is 0 Å². The van der Waals surface area contributed by atoms with Crippen molar-refractivity contribution in [2.24, 2.45) is 0 Å². The highest BCUT2D eigenvalue weighted by molar-refractivity contribution is 5.68. The number of hydrogen-bond donors (Lipinski definition) is 2. The van der Waals surface area contributed by atoms with E-state index in [4.69, 9.17) is 19.3 Å². The van der Waals surface area contributed by atoms with E-state index in [9.17, 15) is 9.59 Å². The van der Waals surface area contributed by atoms with Gasteiger partial charge in [-0.2, -0.15) is 0 Å². The minimum Gasteiger partial charge on any atom is -0.480 e. The van der Waals surface area contributed by atoms with Crippen molar-refractivity contribution in [1.29, 1.82) is 0 Å². The molecule has 0 spiro atoms. The molecule has 2 N–H and O–H groups in total. The fourth-order valence-electron chi connectivity index (χ4n) is 1.06. The van der Waals surface area contributed by atoms with Crippen LogP contribution in [0.1, 0.15) is 27.2 Å². The summed E-state index contributed by atoms with van der Waals surface area (Å²) in [6.07, 6.45) is 0.204. The second kappa shape index (κ2) is 9.57. The summed E-state index contributed by atoms with van der Waals surface area (Å²) in [7, 11) is 0. The van der Waals surface area contributed by atoms with Crippen LogP contribution in [0.25, 0.3) is 0 Å². The van der Waals surface area contributed by atoms with Crippen molar-refractivity contribution in [2.45, 2.75) is 32.8 Å². The minimum absolute atomic E-state index is 0.242. The average molecular weight is 277 g/mol. The molecule has 0 aromatic heterocycles. The van der Waals surface area contributed by atoms with E-state index in [0.29, 0.717) is 26.2 Å². The lowest BCUT2D eigenvalue weighted by molar-refractivity contribution is -0.142. The standard InChI is InChI=1S/C12H23NO6/c1-12(2,3)19-11(16)13-5-4-6-17-7-8-18-9-10(14)15/h4-9H2,1-3H3,(H,13,16)(H,14,15). The fraction of sp³-hybridized carbons (Fsp3) is 0.833. The Morgan fingerprint density at radius 3 is 2.32 bits per heavy atom. The highest BCUT2D eigenvalue weighted by Crippen LogP contribution is 2.06. The van der Waals surface area contributed by atoms with Gasteiger partial charge in [0.2, 0.25) is 0 Å². The largest absolute Gasteiger partial charge is 0.480 e. The van der Waals surface area contributed by atoms with Gasteiger partial charge in [0.1, 0.15) is 12.2 Å². The van der Waals surface area contributed by atoms with Crippen LogP contribution < -0.4 is 5.32 Å². The Morgan fingerprint density at radius 2 is 1.74 bits per heavy atom. The maximum atomic E-state index is 11.2. The van der Waals surface area contributed by atoms with Gasteiger partial charge in [-0.15, -0.1) is 0 Å².